The molecule has 1 aromatic carbocycles. The number of methoxy groups -OCH3 is 1. The SMILES string of the molecule is COc1ccccc1-c1onc(C)c1C(=O)NCc1ccccn1. The van der Waals surface area contributed by atoms with Crippen LogP contribution in [0.3, 0.4) is 0 Å². The van der Waals surface area contributed by atoms with Gasteiger partial charge in [0.05, 0.1) is 30.6 Å². The maximum atomic E-state index is 12.6. The second kappa shape index (κ2) is 6.95. The zero-order valence-electron chi connectivity index (χ0n) is 13.4. The summed E-state index contributed by atoms with van der Waals surface area (Å²) in [5, 5.41) is 6.78. The smallest absolute Gasteiger partial charge is 0.257 e. The van der Waals surface area contributed by atoms with Crippen molar-refractivity contribution in [2.75, 3.05) is 7.11 Å². The van der Waals surface area contributed by atoms with Crippen LogP contribution in [0.15, 0.2) is 53.2 Å². The molecule has 0 aliphatic rings. The van der Waals surface area contributed by atoms with Gasteiger partial charge in [0.2, 0.25) is 0 Å². The first-order chi connectivity index (χ1) is 11.7. The van der Waals surface area contributed by atoms with E-state index in [-0.39, 0.29) is 5.91 Å². The van der Waals surface area contributed by atoms with Gasteiger partial charge in [-0.25, -0.2) is 0 Å². The van der Waals surface area contributed by atoms with Gasteiger partial charge in [0, 0.05) is 6.20 Å². The van der Waals surface area contributed by atoms with Crippen LogP contribution >= 0.6 is 0 Å². The minimum absolute atomic E-state index is 0.264. The van der Waals surface area contributed by atoms with E-state index in [9.17, 15) is 4.79 Å². The Morgan fingerprint density at radius 3 is 2.75 bits per heavy atom. The number of nitrogens with zero attached hydrogens (tertiary/aromatic N) is 2. The maximum Gasteiger partial charge on any atom is 0.257 e. The summed E-state index contributed by atoms with van der Waals surface area (Å²) in [6, 6.07) is 12.9. The van der Waals surface area contributed by atoms with E-state index in [1.807, 2.05) is 42.5 Å². The predicted molar refractivity (Wildman–Crippen MR) is 88.6 cm³/mol. The molecular weight excluding hydrogens is 306 g/mol. The van der Waals surface area contributed by atoms with Crippen LogP contribution in [0.1, 0.15) is 21.7 Å². The lowest BCUT2D eigenvalue weighted by atomic mass is 10.1. The number of carbonyl (C=O) groups is 1. The molecule has 0 unspecified atom stereocenters. The lowest BCUT2D eigenvalue weighted by molar-refractivity contribution is 0.0950. The van der Waals surface area contributed by atoms with Gasteiger partial charge in [0.15, 0.2) is 5.76 Å². The number of pyridine rings is 1. The average Bonchev–Trinajstić information content (AvgIpc) is 3.02. The van der Waals surface area contributed by atoms with Crippen LogP contribution in [0, 0.1) is 6.92 Å². The molecule has 0 aliphatic carbocycles. The molecule has 0 radical (unpaired) electrons. The van der Waals surface area contributed by atoms with Crippen LogP contribution in [0.25, 0.3) is 11.3 Å². The number of amides is 1. The number of nitrogens with one attached hydrogen (secondary N) is 1. The number of benzene rings is 1. The molecule has 24 heavy (non-hydrogen) atoms. The minimum Gasteiger partial charge on any atom is -0.496 e. The van der Waals surface area contributed by atoms with Crippen LogP contribution in [-0.2, 0) is 6.54 Å². The summed E-state index contributed by atoms with van der Waals surface area (Å²) in [7, 11) is 1.57. The molecule has 6 nitrogen and oxygen atoms in total. The summed E-state index contributed by atoms with van der Waals surface area (Å²) < 4.78 is 10.7. The zero-order valence-corrected chi connectivity index (χ0v) is 13.4. The third-order valence-electron chi connectivity index (χ3n) is 3.60. The number of ether oxygens (including phenoxy) is 1. The molecule has 0 fully saturated rings. The Kier molecular flexibility index (Phi) is 4.56. The standard InChI is InChI=1S/C18H17N3O3/c1-12-16(18(22)20-11-13-7-5-6-10-19-13)17(24-21-12)14-8-3-4-9-15(14)23-2/h3-10H,11H2,1-2H3,(H,20,22). The molecule has 0 aliphatic heterocycles. The molecular formula is C18H17N3O3. The summed E-state index contributed by atoms with van der Waals surface area (Å²) in [4.78, 5) is 16.8. The van der Waals surface area contributed by atoms with Gasteiger partial charge in [-0.3, -0.25) is 9.78 Å². The molecule has 1 N–H and O–H groups in total. The highest BCUT2D eigenvalue weighted by Crippen LogP contribution is 2.33. The summed E-state index contributed by atoms with van der Waals surface area (Å²) in [6.45, 7) is 2.06. The molecule has 2 heterocycles. The maximum absolute atomic E-state index is 12.6. The van der Waals surface area contributed by atoms with E-state index in [1.165, 1.54) is 0 Å². The quantitative estimate of drug-likeness (QED) is 0.781. The van der Waals surface area contributed by atoms with E-state index in [2.05, 4.69) is 15.5 Å². The Morgan fingerprint density at radius 1 is 1.21 bits per heavy atom. The van der Waals surface area contributed by atoms with Crippen molar-refractivity contribution in [3.8, 4) is 17.1 Å². The predicted octanol–water partition coefficient (Wildman–Crippen LogP) is 2.98. The number of rotatable bonds is 5. The van der Waals surface area contributed by atoms with Crippen molar-refractivity contribution in [1.29, 1.82) is 0 Å². The Hall–Kier alpha value is -3.15. The summed E-state index contributed by atoms with van der Waals surface area (Å²) >= 11 is 0. The lowest BCUT2D eigenvalue weighted by Gasteiger charge is -2.08. The highest BCUT2D eigenvalue weighted by molar-refractivity contribution is 6.01. The van der Waals surface area contributed by atoms with Crippen molar-refractivity contribution in [2.45, 2.75) is 13.5 Å². The van der Waals surface area contributed by atoms with Crippen molar-refractivity contribution in [1.82, 2.24) is 15.5 Å². The van der Waals surface area contributed by atoms with E-state index in [0.29, 0.717) is 34.9 Å². The second-order valence-corrected chi connectivity index (χ2v) is 5.18. The topological polar surface area (TPSA) is 77.2 Å². The molecule has 0 atom stereocenters. The second-order valence-electron chi connectivity index (χ2n) is 5.18. The first kappa shape index (κ1) is 15.7. The number of aromatic nitrogens is 2. The van der Waals surface area contributed by atoms with Crippen molar-refractivity contribution < 1.29 is 14.1 Å². The highest BCUT2D eigenvalue weighted by Gasteiger charge is 2.23. The Bertz CT molecular complexity index is 844. The molecule has 122 valence electrons. The molecule has 3 aromatic rings. The van der Waals surface area contributed by atoms with Crippen molar-refractivity contribution in [3.05, 3.63) is 65.6 Å². The minimum atomic E-state index is -0.264. The number of hydrogen-bond donors (Lipinski definition) is 1. The largest absolute Gasteiger partial charge is 0.496 e. The van der Waals surface area contributed by atoms with E-state index in [4.69, 9.17) is 9.26 Å². The normalized spacial score (nSPS) is 10.4. The fraction of sp³-hybridized carbons (Fsp3) is 0.167. The number of hydrogen-bond acceptors (Lipinski definition) is 5. The Balaban J connectivity index is 1.88. The molecule has 6 heteroatoms. The summed E-state index contributed by atoms with van der Waals surface area (Å²) in [6.07, 6.45) is 1.69. The van der Waals surface area contributed by atoms with Gasteiger partial charge in [-0.05, 0) is 31.2 Å². The monoisotopic (exact) mass is 323 g/mol. The first-order valence-electron chi connectivity index (χ1n) is 7.48. The van der Waals surface area contributed by atoms with E-state index >= 15 is 0 Å². The van der Waals surface area contributed by atoms with E-state index in [0.717, 1.165) is 5.69 Å². The molecule has 3 rings (SSSR count). The lowest BCUT2D eigenvalue weighted by Crippen LogP contribution is -2.24. The fourth-order valence-electron chi connectivity index (χ4n) is 2.42. The van der Waals surface area contributed by atoms with E-state index in [1.54, 1.807) is 20.2 Å². The molecule has 2 aromatic heterocycles. The molecule has 1 amide bonds. The van der Waals surface area contributed by atoms with Gasteiger partial charge in [0.1, 0.15) is 11.3 Å². The van der Waals surface area contributed by atoms with Gasteiger partial charge < -0.3 is 14.6 Å². The highest BCUT2D eigenvalue weighted by atomic mass is 16.5. The van der Waals surface area contributed by atoms with Gasteiger partial charge in [-0.15, -0.1) is 0 Å². The summed E-state index contributed by atoms with van der Waals surface area (Å²) in [5.74, 6) is 0.746. The van der Waals surface area contributed by atoms with Crippen LogP contribution in [0.2, 0.25) is 0 Å². The van der Waals surface area contributed by atoms with Gasteiger partial charge in [0.25, 0.3) is 5.91 Å². The summed E-state index contributed by atoms with van der Waals surface area (Å²) in [5.41, 5.74) is 2.38. The van der Waals surface area contributed by atoms with Crippen molar-refractivity contribution in [2.24, 2.45) is 0 Å². The third-order valence-corrected chi connectivity index (χ3v) is 3.60. The van der Waals surface area contributed by atoms with Gasteiger partial charge >= 0.3 is 0 Å². The van der Waals surface area contributed by atoms with E-state index < -0.39 is 0 Å². The van der Waals surface area contributed by atoms with Crippen LogP contribution in [0.4, 0.5) is 0 Å². The third kappa shape index (κ3) is 3.12. The molecule has 0 spiro atoms. The molecule has 0 saturated heterocycles. The number of para-hydroxylation sites is 1. The zero-order chi connectivity index (χ0) is 16.9. The Morgan fingerprint density at radius 2 is 2.00 bits per heavy atom. The van der Waals surface area contributed by atoms with Gasteiger partial charge in [-0.2, -0.15) is 0 Å². The first-order valence-corrected chi connectivity index (χ1v) is 7.48. The number of carbonyl (C=O) groups excluding carboxylic acids is 1. The van der Waals surface area contributed by atoms with Crippen LogP contribution in [-0.4, -0.2) is 23.2 Å². The average molecular weight is 323 g/mol. The molecule has 0 saturated carbocycles. The van der Waals surface area contributed by atoms with Crippen molar-refractivity contribution in [3.63, 3.8) is 0 Å². The fourth-order valence-corrected chi connectivity index (χ4v) is 2.42. The molecule has 0 bridgehead atoms. The van der Waals surface area contributed by atoms with Crippen LogP contribution < -0.4 is 10.1 Å². The van der Waals surface area contributed by atoms with Crippen molar-refractivity contribution >= 4 is 5.91 Å². The Labute approximate surface area is 139 Å². The van der Waals surface area contributed by atoms with Gasteiger partial charge in [-0.1, -0.05) is 23.4 Å². The van der Waals surface area contributed by atoms with Crippen LogP contribution in [0.5, 0.6) is 5.75 Å². The number of aryl methyl sites for hydroxylation is 1.